The van der Waals surface area contributed by atoms with Gasteiger partial charge in [-0.1, -0.05) is 64.5 Å². The Bertz CT molecular complexity index is 884. The minimum absolute atomic E-state index is 0.0506. The first-order chi connectivity index (χ1) is 15.7. The van der Waals surface area contributed by atoms with Gasteiger partial charge in [0, 0.05) is 18.8 Å². The summed E-state index contributed by atoms with van der Waals surface area (Å²) in [5.74, 6) is -0.158. The van der Waals surface area contributed by atoms with E-state index in [0.29, 0.717) is 12.3 Å². The summed E-state index contributed by atoms with van der Waals surface area (Å²) in [7, 11) is 0. The van der Waals surface area contributed by atoms with E-state index in [2.05, 4.69) is 33.4 Å². The number of hydrogen-bond donors (Lipinski definition) is 4. The number of allylic oxidation sites excluding steroid dienone is 2. The van der Waals surface area contributed by atoms with E-state index in [9.17, 15) is 14.7 Å². The number of nitrogens with one attached hydrogen (secondary N) is 1. The van der Waals surface area contributed by atoms with Gasteiger partial charge in [-0.3, -0.25) is 9.59 Å². The van der Waals surface area contributed by atoms with Gasteiger partial charge in [0.15, 0.2) is 11.6 Å². The second-order valence-electron chi connectivity index (χ2n) is 10.6. The molecule has 1 aromatic rings. The molecule has 4 atom stereocenters. The molecule has 1 aromatic carbocycles. The van der Waals surface area contributed by atoms with Crippen molar-refractivity contribution < 1.29 is 14.7 Å². The van der Waals surface area contributed by atoms with Crippen LogP contribution in [0.1, 0.15) is 78.9 Å². The van der Waals surface area contributed by atoms with E-state index in [-0.39, 0.29) is 36.5 Å². The number of hydrogen-bond acceptors (Lipinski definition) is 6. The first-order valence-electron chi connectivity index (χ1n) is 12.2. The van der Waals surface area contributed by atoms with E-state index in [1.807, 2.05) is 52.0 Å². The summed E-state index contributed by atoms with van der Waals surface area (Å²) in [6, 6.07) is 7.21. The maximum atomic E-state index is 13.1. The van der Waals surface area contributed by atoms with Gasteiger partial charge in [0.1, 0.15) is 0 Å². The topological polar surface area (TPSA) is 104 Å². The van der Waals surface area contributed by atoms with Crippen molar-refractivity contribution in [2.45, 2.75) is 86.3 Å². The highest BCUT2D eigenvalue weighted by Crippen LogP contribution is 2.26. The molecule has 190 valence electrons. The van der Waals surface area contributed by atoms with Gasteiger partial charge in [0.05, 0.1) is 17.9 Å². The highest BCUT2D eigenvalue weighted by Gasteiger charge is 2.33. The Labute approximate surface area is 211 Å². The lowest BCUT2D eigenvalue weighted by Crippen LogP contribution is -2.44. The minimum atomic E-state index is -0.738. The number of aliphatic hydroxyl groups excluding tert-OH is 1. The van der Waals surface area contributed by atoms with Crippen molar-refractivity contribution in [1.82, 2.24) is 0 Å². The fraction of sp³-hybridized carbons (Fsp3) is 0.607. The second-order valence-corrected chi connectivity index (χ2v) is 11.0. The van der Waals surface area contributed by atoms with Crippen LogP contribution in [0.3, 0.4) is 0 Å². The van der Waals surface area contributed by atoms with Crippen LogP contribution in [0.4, 0.5) is 0 Å². The summed E-state index contributed by atoms with van der Waals surface area (Å²) in [4.78, 5) is 25.9. The molecule has 0 heterocycles. The maximum Gasteiger partial charge on any atom is 0.180 e. The van der Waals surface area contributed by atoms with Gasteiger partial charge in [-0.2, -0.15) is 12.6 Å². The monoisotopic (exact) mass is 488 g/mol. The van der Waals surface area contributed by atoms with Gasteiger partial charge in [-0.15, -0.1) is 0 Å². The van der Waals surface area contributed by atoms with Crippen molar-refractivity contribution >= 4 is 35.5 Å². The molecule has 0 aliphatic heterocycles. The number of benzene rings is 1. The van der Waals surface area contributed by atoms with Gasteiger partial charge in [-0.25, -0.2) is 0 Å². The van der Waals surface area contributed by atoms with Crippen LogP contribution in [-0.2, 0) is 16.0 Å². The number of ketones is 2. The third kappa shape index (κ3) is 8.79. The standard InChI is InChI=1S/C28H44N2O3S/c1-8-23(31)14-22(15-25(32)27(30)28(5,6)7)26(33)24(29)13-20-9-11-21(12-10-20)19(4)18(3)17(2)16-34/h9-12,17,22-23,27,29,31,34H,8,13-16,30H2,1-7H3/b19-18+,29-24?/t17?,22?,23?,27-/m1/s1. The van der Waals surface area contributed by atoms with Crippen molar-refractivity contribution in [1.29, 1.82) is 5.41 Å². The molecule has 0 bridgehead atoms. The van der Waals surface area contributed by atoms with Crippen molar-refractivity contribution in [3.05, 3.63) is 41.0 Å². The SMILES string of the molecule is CCC(O)CC(CC(=O)[C@@H](N)C(C)(C)C)C(=O)C(=N)Cc1ccc(/C(C)=C(\C)C(C)CS)cc1. The quantitative estimate of drug-likeness (QED) is 0.224. The molecule has 5 nitrogen and oxygen atoms in total. The lowest BCUT2D eigenvalue weighted by molar-refractivity contribution is -0.127. The number of carbonyl (C=O) groups is 2. The summed E-state index contributed by atoms with van der Waals surface area (Å²) >= 11 is 4.39. The Morgan fingerprint density at radius 1 is 1.15 bits per heavy atom. The largest absolute Gasteiger partial charge is 0.393 e. The number of aliphatic hydroxyl groups is 1. The normalized spacial score (nSPS) is 16.3. The van der Waals surface area contributed by atoms with E-state index in [1.165, 1.54) is 11.1 Å². The van der Waals surface area contributed by atoms with Crippen LogP contribution in [0.5, 0.6) is 0 Å². The average molecular weight is 489 g/mol. The zero-order chi connectivity index (χ0) is 26.2. The molecule has 0 aliphatic carbocycles. The molecule has 0 saturated heterocycles. The first-order valence-corrected chi connectivity index (χ1v) is 12.8. The van der Waals surface area contributed by atoms with E-state index in [0.717, 1.165) is 16.9 Å². The zero-order valence-corrected chi connectivity index (χ0v) is 22.8. The number of rotatable bonds is 13. The molecule has 1 rings (SSSR count). The third-order valence-corrected chi connectivity index (χ3v) is 7.34. The molecule has 0 aromatic heterocycles. The highest BCUT2D eigenvalue weighted by atomic mass is 32.1. The molecule has 0 spiro atoms. The smallest absolute Gasteiger partial charge is 0.180 e. The predicted octanol–water partition coefficient (Wildman–Crippen LogP) is 5.29. The van der Waals surface area contributed by atoms with Crippen molar-refractivity contribution in [3.8, 4) is 0 Å². The molecule has 0 amide bonds. The van der Waals surface area contributed by atoms with Crippen LogP contribution in [0.25, 0.3) is 5.57 Å². The molecular weight excluding hydrogens is 444 g/mol. The highest BCUT2D eigenvalue weighted by molar-refractivity contribution is 7.80. The lowest BCUT2D eigenvalue weighted by atomic mass is 9.79. The number of Topliss-reactive ketones (excluding diaryl/α,β-unsaturated/α-hetero) is 2. The second kappa shape index (κ2) is 13.4. The van der Waals surface area contributed by atoms with Crippen LogP contribution < -0.4 is 5.73 Å². The fourth-order valence-electron chi connectivity index (χ4n) is 3.78. The van der Waals surface area contributed by atoms with Crippen molar-refractivity contribution in [2.75, 3.05) is 5.75 Å². The fourth-order valence-corrected chi connectivity index (χ4v) is 4.05. The Hall–Kier alpha value is -1.76. The van der Waals surface area contributed by atoms with Crippen LogP contribution in [0.2, 0.25) is 0 Å². The summed E-state index contributed by atoms with van der Waals surface area (Å²) in [6.45, 7) is 13.9. The molecule has 0 radical (unpaired) electrons. The molecule has 0 fully saturated rings. The van der Waals surface area contributed by atoms with Gasteiger partial charge < -0.3 is 16.2 Å². The Balaban J connectivity index is 3.00. The van der Waals surface area contributed by atoms with Gasteiger partial charge in [0.25, 0.3) is 0 Å². The minimum Gasteiger partial charge on any atom is -0.393 e. The summed E-state index contributed by atoms with van der Waals surface area (Å²) in [5, 5.41) is 18.6. The van der Waals surface area contributed by atoms with Crippen LogP contribution in [0.15, 0.2) is 29.8 Å². The molecule has 0 saturated carbocycles. The molecule has 4 N–H and O–H groups in total. The van der Waals surface area contributed by atoms with Crippen molar-refractivity contribution in [2.24, 2.45) is 23.0 Å². The number of nitrogens with two attached hydrogens (primary N) is 1. The molecule has 6 heteroatoms. The van der Waals surface area contributed by atoms with E-state index >= 15 is 0 Å². The average Bonchev–Trinajstić information content (AvgIpc) is 2.80. The molecular formula is C28H44N2O3S. The van der Waals surface area contributed by atoms with Gasteiger partial charge in [0.2, 0.25) is 0 Å². The Morgan fingerprint density at radius 2 is 1.71 bits per heavy atom. The Kier molecular flexibility index (Phi) is 11.9. The summed E-state index contributed by atoms with van der Waals surface area (Å²) in [5.41, 5.74) is 10.1. The first kappa shape index (κ1) is 30.3. The van der Waals surface area contributed by atoms with Crippen LogP contribution in [0, 0.1) is 22.7 Å². The zero-order valence-electron chi connectivity index (χ0n) is 21.9. The van der Waals surface area contributed by atoms with E-state index in [4.69, 9.17) is 11.1 Å². The number of carbonyl (C=O) groups excluding carboxylic acids is 2. The summed E-state index contributed by atoms with van der Waals surface area (Å²) in [6.07, 6.45) is 0.0773. The predicted molar refractivity (Wildman–Crippen MR) is 146 cm³/mol. The lowest BCUT2D eigenvalue weighted by Gasteiger charge is -2.27. The van der Waals surface area contributed by atoms with Gasteiger partial charge >= 0.3 is 0 Å². The summed E-state index contributed by atoms with van der Waals surface area (Å²) < 4.78 is 0. The van der Waals surface area contributed by atoms with Crippen LogP contribution in [-0.4, -0.2) is 40.3 Å². The maximum absolute atomic E-state index is 13.1. The molecule has 34 heavy (non-hydrogen) atoms. The molecule has 3 unspecified atom stereocenters. The van der Waals surface area contributed by atoms with E-state index in [1.54, 1.807) is 0 Å². The van der Waals surface area contributed by atoms with Gasteiger partial charge in [-0.05, 0) is 60.5 Å². The molecule has 0 aliphatic rings. The number of thiol groups is 1. The van der Waals surface area contributed by atoms with Crippen LogP contribution >= 0.6 is 12.6 Å². The van der Waals surface area contributed by atoms with E-state index < -0.39 is 23.5 Å². The Morgan fingerprint density at radius 3 is 2.18 bits per heavy atom. The van der Waals surface area contributed by atoms with Crippen molar-refractivity contribution in [3.63, 3.8) is 0 Å². The third-order valence-electron chi connectivity index (χ3n) is 6.80.